The first-order chi connectivity index (χ1) is 22.7. The van der Waals surface area contributed by atoms with Gasteiger partial charge in [-0.3, -0.25) is 19.2 Å². The Balaban J connectivity index is 1.35. The average Bonchev–Trinajstić information content (AvgIpc) is 3.74. The molecule has 1 unspecified atom stereocenters. The Kier molecular flexibility index (Phi) is 11.6. The molecule has 1 aliphatic rings. The Morgan fingerprint density at radius 2 is 1.87 bits per heavy atom. The predicted octanol–water partition coefficient (Wildman–Crippen LogP) is 4.74. The fourth-order valence-electron chi connectivity index (χ4n) is 5.81. The van der Waals surface area contributed by atoms with Gasteiger partial charge in [-0.05, 0) is 79.1 Å². The Bertz CT molecular complexity index is 1690. The van der Waals surface area contributed by atoms with E-state index >= 15 is 0 Å². The molecule has 0 spiro atoms. The number of amides is 3. The number of rotatable bonds is 15. The summed E-state index contributed by atoms with van der Waals surface area (Å²) in [4.78, 5) is 63.0. The standard InChI is InChI=1S/C35H39ClN4O6S/c1-3-46-34(43)23-38(16-13-25-21-37-30-11-10-27(45-2)19-29(25)30)32(41)20-31-35(44)39(15-12-24-6-8-26(36)9-7-24)22-33(42)40(31)17-14-28-5-4-18-47-28/h4-11,18-19,21,31,37H,3,12-17,20,22-23H2,1-2H3. The third-order valence-electron chi connectivity index (χ3n) is 8.35. The fourth-order valence-corrected chi connectivity index (χ4v) is 6.64. The number of aromatic amines is 1. The number of nitrogens with zero attached hydrogens (tertiary/aromatic N) is 3. The van der Waals surface area contributed by atoms with Crippen LogP contribution in [0.15, 0.2) is 66.2 Å². The lowest BCUT2D eigenvalue weighted by atomic mass is 10.0. The Morgan fingerprint density at radius 1 is 1.06 bits per heavy atom. The molecule has 1 N–H and O–H groups in total. The van der Waals surface area contributed by atoms with Crippen LogP contribution in [0.5, 0.6) is 5.75 Å². The van der Waals surface area contributed by atoms with E-state index in [0.717, 1.165) is 26.9 Å². The van der Waals surface area contributed by atoms with Gasteiger partial charge in [0.15, 0.2) is 0 Å². The smallest absolute Gasteiger partial charge is 0.325 e. The average molecular weight is 679 g/mol. The number of carbonyl (C=O) groups is 4. The highest BCUT2D eigenvalue weighted by Crippen LogP contribution is 2.25. The van der Waals surface area contributed by atoms with Crippen molar-refractivity contribution in [3.63, 3.8) is 0 Å². The highest BCUT2D eigenvalue weighted by molar-refractivity contribution is 7.09. The van der Waals surface area contributed by atoms with Crippen LogP contribution in [0.3, 0.4) is 0 Å². The highest BCUT2D eigenvalue weighted by Gasteiger charge is 2.41. The normalized spacial score (nSPS) is 14.9. The lowest BCUT2D eigenvalue weighted by Gasteiger charge is -2.40. The van der Waals surface area contributed by atoms with Crippen molar-refractivity contribution < 1.29 is 28.7 Å². The van der Waals surface area contributed by atoms with Crippen LogP contribution in [0.1, 0.15) is 29.3 Å². The molecule has 47 heavy (non-hydrogen) atoms. The minimum Gasteiger partial charge on any atom is -0.497 e. The van der Waals surface area contributed by atoms with Gasteiger partial charge in [0.05, 0.1) is 26.7 Å². The molecule has 0 radical (unpaired) electrons. The van der Waals surface area contributed by atoms with Crippen LogP contribution in [-0.4, -0.2) is 95.9 Å². The molecule has 5 rings (SSSR count). The molecular weight excluding hydrogens is 640 g/mol. The van der Waals surface area contributed by atoms with Crippen molar-refractivity contribution in [1.82, 2.24) is 19.7 Å². The van der Waals surface area contributed by atoms with E-state index in [1.165, 1.54) is 14.7 Å². The number of hydrogen-bond acceptors (Lipinski definition) is 7. The maximum atomic E-state index is 14.0. The van der Waals surface area contributed by atoms with Crippen molar-refractivity contribution >= 4 is 57.5 Å². The van der Waals surface area contributed by atoms with Crippen molar-refractivity contribution in [2.24, 2.45) is 0 Å². The zero-order valence-corrected chi connectivity index (χ0v) is 28.1. The van der Waals surface area contributed by atoms with Crippen LogP contribution in [0.4, 0.5) is 0 Å². The molecule has 1 atom stereocenters. The maximum Gasteiger partial charge on any atom is 0.325 e. The lowest BCUT2D eigenvalue weighted by molar-refractivity contribution is -0.158. The summed E-state index contributed by atoms with van der Waals surface area (Å²) in [6.07, 6.45) is 3.20. The van der Waals surface area contributed by atoms with E-state index in [4.69, 9.17) is 21.1 Å². The van der Waals surface area contributed by atoms with E-state index < -0.39 is 17.9 Å². The van der Waals surface area contributed by atoms with E-state index in [2.05, 4.69) is 4.98 Å². The zero-order valence-electron chi connectivity index (χ0n) is 26.6. The van der Waals surface area contributed by atoms with Gasteiger partial charge in [-0.1, -0.05) is 29.8 Å². The molecule has 2 aromatic heterocycles. The van der Waals surface area contributed by atoms with Gasteiger partial charge in [0.25, 0.3) is 0 Å². The van der Waals surface area contributed by atoms with Gasteiger partial charge < -0.3 is 29.2 Å². The molecule has 3 amide bonds. The third-order valence-corrected chi connectivity index (χ3v) is 9.54. The first kappa shape index (κ1) is 34.0. The number of benzene rings is 2. The highest BCUT2D eigenvalue weighted by atomic mass is 35.5. The Labute approximate surface area is 283 Å². The number of halogens is 1. The predicted molar refractivity (Wildman–Crippen MR) is 182 cm³/mol. The molecule has 248 valence electrons. The molecule has 4 aromatic rings. The number of esters is 1. The van der Waals surface area contributed by atoms with Gasteiger partial charge in [-0.25, -0.2) is 0 Å². The number of H-pyrrole nitrogens is 1. The number of fused-ring (bicyclic) bond motifs is 1. The monoisotopic (exact) mass is 678 g/mol. The van der Waals surface area contributed by atoms with Gasteiger partial charge in [0.1, 0.15) is 18.3 Å². The summed E-state index contributed by atoms with van der Waals surface area (Å²) in [7, 11) is 1.60. The van der Waals surface area contributed by atoms with Crippen LogP contribution in [0, 0.1) is 0 Å². The molecule has 1 fully saturated rings. The molecular formula is C35H39ClN4O6S. The second-order valence-corrected chi connectivity index (χ2v) is 12.8. The zero-order chi connectivity index (χ0) is 33.3. The number of carbonyl (C=O) groups excluding carboxylic acids is 4. The number of methoxy groups -OCH3 is 1. The van der Waals surface area contributed by atoms with Crippen molar-refractivity contribution in [1.29, 1.82) is 0 Å². The number of ether oxygens (including phenoxy) is 2. The van der Waals surface area contributed by atoms with Gasteiger partial charge in [0.2, 0.25) is 17.7 Å². The van der Waals surface area contributed by atoms with Crippen LogP contribution in [0.25, 0.3) is 10.9 Å². The Hall–Kier alpha value is -4.35. The number of thiophene rings is 1. The summed E-state index contributed by atoms with van der Waals surface area (Å²) in [6, 6.07) is 16.0. The first-order valence-electron chi connectivity index (χ1n) is 15.7. The molecule has 12 heteroatoms. The summed E-state index contributed by atoms with van der Waals surface area (Å²) >= 11 is 7.61. The van der Waals surface area contributed by atoms with E-state index in [1.807, 2.05) is 54.0 Å². The molecule has 2 aromatic carbocycles. The summed E-state index contributed by atoms with van der Waals surface area (Å²) in [5.74, 6) is -0.715. The second-order valence-electron chi connectivity index (χ2n) is 11.4. The van der Waals surface area contributed by atoms with E-state index in [9.17, 15) is 19.2 Å². The van der Waals surface area contributed by atoms with Crippen LogP contribution < -0.4 is 4.74 Å². The SMILES string of the molecule is CCOC(=O)CN(CCc1c[nH]c2ccc(OC)cc12)C(=O)CC1C(=O)N(CCc2ccc(Cl)cc2)CC(=O)N1CCc1cccs1. The lowest BCUT2D eigenvalue weighted by Crippen LogP contribution is -2.61. The summed E-state index contributed by atoms with van der Waals surface area (Å²) in [6.45, 7) is 2.42. The first-order valence-corrected chi connectivity index (χ1v) is 16.9. The Morgan fingerprint density at radius 3 is 2.60 bits per heavy atom. The number of nitrogens with one attached hydrogen (secondary N) is 1. The van der Waals surface area contributed by atoms with E-state index in [1.54, 1.807) is 37.5 Å². The summed E-state index contributed by atoms with van der Waals surface area (Å²) in [5, 5.41) is 3.54. The van der Waals surface area contributed by atoms with Crippen molar-refractivity contribution in [2.75, 3.05) is 46.4 Å². The molecule has 10 nitrogen and oxygen atoms in total. The van der Waals surface area contributed by atoms with E-state index in [0.29, 0.717) is 43.1 Å². The maximum absolute atomic E-state index is 14.0. The van der Waals surface area contributed by atoms with Crippen molar-refractivity contribution in [3.05, 3.63) is 87.2 Å². The molecule has 0 aliphatic carbocycles. The fraction of sp³-hybridized carbons (Fsp3) is 0.371. The van der Waals surface area contributed by atoms with Crippen molar-refractivity contribution in [2.45, 2.75) is 38.6 Å². The minimum absolute atomic E-state index is 0.0574. The molecule has 1 aliphatic heterocycles. The summed E-state index contributed by atoms with van der Waals surface area (Å²) < 4.78 is 10.6. The second kappa shape index (κ2) is 16.0. The topological polar surface area (TPSA) is 112 Å². The van der Waals surface area contributed by atoms with Crippen LogP contribution >= 0.6 is 22.9 Å². The van der Waals surface area contributed by atoms with Gasteiger partial charge >= 0.3 is 5.97 Å². The number of aromatic nitrogens is 1. The van der Waals surface area contributed by atoms with Crippen molar-refractivity contribution in [3.8, 4) is 5.75 Å². The van der Waals surface area contributed by atoms with E-state index in [-0.39, 0.29) is 44.5 Å². The van der Waals surface area contributed by atoms with Gasteiger partial charge in [-0.2, -0.15) is 0 Å². The van der Waals surface area contributed by atoms with Crippen LogP contribution in [0.2, 0.25) is 5.02 Å². The van der Waals surface area contributed by atoms with Crippen LogP contribution in [-0.2, 0) is 43.2 Å². The summed E-state index contributed by atoms with van der Waals surface area (Å²) in [5.41, 5.74) is 2.86. The number of piperazine rings is 1. The third kappa shape index (κ3) is 8.72. The number of hydrogen-bond donors (Lipinski definition) is 1. The van der Waals surface area contributed by atoms with Gasteiger partial charge in [0, 0.05) is 46.6 Å². The van der Waals surface area contributed by atoms with Gasteiger partial charge in [-0.15, -0.1) is 11.3 Å². The molecule has 0 bridgehead atoms. The molecule has 0 saturated carbocycles. The molecule has 1 saturated heterocycles. The largest absolute Gasteiger partial charge is 0.497 e. The minimum atomic E-state index is -0.990. The quantitative estimate of drug-likeness (QED) is 0.182. The molecule has 3 heterocycles.